The Morgan fingerprint density at radius 1 is 0.963 bits per heavy atom. The number of hydrogen-bond acceptors (Lipinski definition) is 3. The van der Waals surface area contributed by atoms with E-state index in [1.807, 2.05) is 36.4 Å². The van der Waals surface area contributed by atoms with Gasteiger partial charge in [-0.1, -0.05) is 63.4 Å². The summed E-state index contributed by atoms with van der Waals surface area (Å²) in [5.41, 5.74) is 4.33. The lowest BCUT2D eigenvalue weighted by atomic mass is 10.1. The average molecular weight is 447 g/mol. The number of methoxy groups -OCH3 is 1. The molecule has 0 atom stereocenters. The summed E-state index contributed by atoms with van der Waals surface area (Å²) in [7, 11) is 1.64. The van der Waals surface area contributed by atoms with Crippen molar-refractivity contribution in [3.8, 4) is 11.5 Å². The number of nitrogens with one attached hydrogen (secondary N) is 1. The van der Waals surface area contributed by atoms with Gasteiger partial charge in [-0.15, -0.1) is 0 Å². The molecule has 3 aromatic rings. The molecule has 0 bridgehead atoms. The van der Waals surface area contributed by atoms with Crippen molar-refractivity contribution in [1.82, 2.24) is 0 Å². The normalized spacial score (nSPS) is 10.5. The molecule has 1 N–H and O–H groups in total. The molecule has 3 nitrogen and oxygen atoms in total. The minimum absolute atomic E-state index is 0.378. The Hall–Kier alpha value is -2.17. The molecule has 3 aromatic carbocycles. The number of benzene rings is 3. The van der Waals surface area contributed by atoms with Gasteiger partial charge < -0.3 is 14.8 Å². The van der Waals surface area contributed by atoms with E-state index in [4.69, 9.17) is 21.1 Å². The average Bonchev–Trinajstić information content (AvgIpc) is 2.68. The standard InChI is InChI=1S/C22H21BrClNO2/c1-15-7-9-18(10-8-15)25-13-17-11-21(26-2)22(12-19(17)23)27-14-16-5-3-4-6-20(16)24/h3-12,25H,13-14H2,1-2H3. The third kappa shape index (κ3) is 5.18. The number of hydrogen-bond donors (Lipinski definition) is 1. The third-order valence-corrected chi connectivity index (χ3v) is 5.32. The Bertz CT molecular complexity index is 913. The maximum absolute atomic E-state index is 6.20. The van der Waals surface area contributed by atoms with E-state index in [1.54, 1.807) is 7.11 Å². The van der Waals surface area contributed by atoms with Crippen molar-refractivity contribution in [3.05, 3.63) is 86.8 Å². The van der Waals surface area contributed by atoms with E-state index in [9.17, 15) is 0 Å². The van der Waals surface area contributed by atoms with Crippen LogP contribution in [0.25, 0.3) is 0 Å². The Morgan fingerprint density at radius 3 is 2.41 bits per heavy atom. The molecule has 0 unspecified atom stereocenters. The van der Waals surface area contributed by atoms with Crippen LogP contribution in [0.2, 0.25) is 5.02 Å². The van der Waals surface area contributed by atoms with E-state index in [1.165, 1.54) is 5.56 Å². The quantitative estimate of drug-likeness (QED) is 0.443. The second kappa shape index (κ2) is 9.16. The molecular formula is C22H21BrClNO2. The highest BCUT2D eigenvalue weighted by atomic mass is 79.9. The molecule has 0 fully saturated rings. The summed E-state index contributed by atoms with van der Waals surface area (Å²) in [5.74, 6) is 1.36. The van der Waals surface area contributed by atoms with E-state index < -0.39 is 0 Å². The van der Waals surface area contributed by atoms with Gasteiger partial charge in [0.2, 0.25) is 0 Å². The van der Waals surface area contributed by atoms with Crippen LogP contribution in [0.4, 0.5) is 5.69 Å². The van der Waals surface area contributed by atoms with Gasteiger partial charge in [-0.25, -0.2) is 0 Å². The fourth-order valence-corrected chi connectivity index (χ4v) is 3.28. The molecule has 0 spiro atoms. The molecule has 0 aliphatic rings. The van der Waals surface area contributed by atoms with Gasteiger partial charge in [-0.05, 0) is 42.8 Å². The highest BCUT2D eigenvalue weighted by molar-refractivity contribution is 9.10. The number of aryl methyl sites for hydroxylation is 1. The fraction of sp³-hybridized carbons (Fsp3) is 0.182. The van der Waals surface area contributed by atoms with Gasteiger partial charge in [0.25, 0.3) is 0 Å². The molecule has 0 heterocycles. The lowest BCUT2D eigenvalue weighted by Gasteiger charge is -2.15. The molecule has 27 heavy (non-hydrogen) atoms. The van der Waals surface area contributed by atoms with Gasteiger partial charge in [-0.3, -0.25) is 0 Å². The largest absolute Gasteiger partial charge is 0.493 e. The van der Waals surface area contributed by atoms with Gasteiger partial charge in [0.05, 0.1) is 7.11 Å². The zero-order chi connectivity index (χ0) is 19.2. The molecule has 3 rings (SSSR count). The summed E-state index contributed by atoms with van der Waals surface area (Å²) < 4.78 is 12.4. The van der Waals surface area contributed by atoms with Crippen molar-refractivity contribution in [2.24, 2.45) is 0 Å². The number of rotatable bonds is 7. The summed E-state index contributed by atoms with van der Waals surface area (Å²) in [6.45, 7) is 3.13. The molecule has 0 aliphatic heterocycles. The minimum Gasteiger partial charge on any atom is -0.493 e. The highest BCUT2D eigenvalue weighted by Gasteiger charge is 2.11. The van der Waals surface area contributed by atoms with E-state index >= 15 is 0 Å². The van der Waals surface area contributed by atoms with Gasteiger partial charge in [-0.2, -0.15) is 0 Å². The van der Waals surface area contributed by atoms with Crippen LogP contribution >= 0.6 is 27.5 Å². The molecule has 0 radical (unpaired) electrons. The SMILES string of the molecule is COc1cc(CNc2ccc(C)cc2)c(Br)cc1OCc1ccccc1Cl. The van der Waals surface area contributed by atoms with Crippen molar-refractivity contribution < 1.29 is 9.47 Å². The molecule has 5 heteroatoms. The number of halogens is 2. The van der Waals surface area contributed by atoms with Gasteiger partial charge in [0, 0.05) is 27.3 Å². The minimum atomic E-state index is 0.378. The van der Waals surface area contributed by atoms with Crippen LogP contribution in [0.15, 0.2) is 65.1 Å². The fourth-order valence-electron chi connectivity index (χ4n) is 2.62. The molecule has 0 saturated heterocycles. The summed E-state index contributed by atoms with van der Waals surface area (Å²) in [4.78, 5) is 0. The van der Waals surface area contributed by atoms with Crippen molar-refractivity contribution in [2.45, 2.75) is 20.1 Å². The maximum Gasteiger partial charge on any atom is 0.162 e. The second-order valence-electron chi connectivity index (χ2n) is 6.19. The first-order valence-corrected chi connectivity index (χ1v) is 9.77. The second-order valence-corrected chi connectivity index (χ2v) is 7.46. The van der Waals surface area contributed by atoms with Crippen LogP contribution in [0.3, 0.4) is 0 Å². The zero-order valence-corrected chi connectivity index (χ0v) is 17.6. The van der Waals surface area contributed by atoms with Crippen LogP contribution in [-0.4, -0.2) is 7.11 Å². The molecule has 0 aliphatic carbocycles. The Morgan fingerprint density at radius 2 is 1.70 bits per heavy atom. The van der Waals surface area contributed by atoms with Crippen LogP contribution in [0.5, 0.6) is 11.5 Å². The highest BCUT2D eigenvalue weighted by Crippen LogP contribution is 2.35. The monoisotopic (exact) mass is 445 g/mol. The summed E-state index contributed by atoms with van der Waals surface area (Å²) >= 11 is 9.84. The third-order valence-electron chi connectivity index (χ3n) is 4.21. The van der Waals surface area contributed by atoms with E-state index in [-0.39, 0.29) is 0 Å². The van der Waals surface area contributed by atoms with Crippen molar-refractivity contribution >= 4 is 33.2 Å². The summed E-state index contributed by atoms with van der Waals surface area (Å²) in [6.07, 6.45) is 0. The molecule has 140 valence electrons. The van der Waals surface area contributed by atoms with Crippen LogP contribution in [-0.2, 0) is 13.2 Å². The molecule has 0 aromatic heterocycles. The van der Waals surface area contributed by atoms with Gasteiger partial charge in [0.1, 0.15) is 6.61 Å². The number of anilines is 1. The summed E-state index contributed by atoms with van der Waals surface area (Å²) in [6, 6.07) is 19.9. The Balaban J connectivity index is 1.72. The van der Waals surface area contributed by atoms with Crippen molar-refractivity contribution in [2.75, 3.05) is 12.4 Å². The predicted octanol–water partition coefficient (Wildman–Crippen LogP) is 6.61. The Labute approximate surface area is 173 Å². The van der Waals surface area contributed by atoms with Gasteiger partial charge >= 0.3 is 0 Å². The summed E-state index contributed by atoms with van der Waals surface area (Å²) in [5, 5.41) is 4.11. The molecule has 0 saturated carbocycles. The first kappa shape index (κ1) is 19.6. The zero-order valence-electron chi connectivity index (χ0n) is 15.3. The first-order chi connectivity index (χ1) is 13.1. The van der Waals surface area contributed by atoms with Crippen LogP contribution in [0.1, 0.15) is 16.7 Å². The van der Waals surface area contributed by atoms with E-state index in [0.717, 1.165) is 21.3 Å². The van der Waals surface area contributed by atoms with E-state index in [2.05, 4.69) is 52.4 Å². The first-order valence-electron chi connectivity index (χ1n) is 8.60. The number of ether oxygens (including phenoxy) is 2. The van der Waals surface area contributed by atoms with Crippen LogP contribution < -0.4 is 14.8 Å². The van der Waals surface area contributed by atoms with Crippen molar-refractivity contribution in [1.29, 1.82) is 0 Å². The van der Waals surface area contributed by atoms with E-state index in [0.29, 0.717) is 29.7 Å². The van der Waals surface area contributed by atoms with Crippen molar-refractivity contribution in [3.63, 3.8) is 0 Å². The van der Waals surface area contributed by atoms with Gasteiger partial charge in [0.15, 0.2) is 11.5 Å². The Kier molecular flexibility index (Phi) is 6.64. The lowest BCUT2D eigenvalue weighted by Crippen LogP contribution is -2.03. The van der Waals surface area contributed by atoms with Crippen LogP contribution in [0, 0.1) is 6.92 Å². The maximum atomic E-state index is 6.20. The lowest BCUT2D eigenvalue weighted by molar-refractivity contribution is 0.284. The topological polar surface area (TPSA) is 30.5 Å². The molecular weight excluding hydrogens is 426 g/mol. The predicted molar refractivity (Wildman–Crippen MR) is 115 cm³/mol. The smallest absolute Gasteiger partial charge is 0.162 e. The molecule has 0 amide bonds.